The summed E-state index contributed by atoms with van der Waals surface area (Å²) in [7, 11) is 1.59. The van der Waals surface area contributed by atoms with E-state index in [9.17, 15) is 4.79 Å². The molecule has 1 amide bonds. The molecule has 1 aliphatic rings. The SMILES string of the molecule is COc1ccccc1C(=O)N1CCC(OC(C)C)CC1. The van der Waals surface area contributed by atoms with E-state index in [1.807, 2.05) is 43.0 Å². The number of piperidine rings is 1. The first-order valence-corrected chi connectivity index (χ1v) is 7.19. The molecule has 1 heterocycles. The van der Waals surface area contributed by atoms with Gasteiger partial charge in [-0.1, -0.05) is 12.1 Å². The Labute approximate surface area is 120 Å². The lowest BCUT2D eigenvalue weighted by Gasteiger charge is -2.33. The molecule has 0 radical (unpaired) electrons. The third-order valence-electron chi connectivity index (χ3n) is 3.53. The summed E-state index contributed by atoms with van der Waals surface area (Å²) in [5.74, 6) is 0.684. The van der Waals surface area contributed by atoms with Gasteiger partial charge in [-0.3, -0.25) is 4.79 Å². The van der Waals surface area contributed by atoms with Crippen LogP contribution in [0.1, 0.15) is 37.0 Å². The number of benzene rings is 1. The standard InChI is InChI=1S/C16H23NO3/c1-12(2)20-13-8-10-17(11-9-13)16(18)14-6-4-5-7-15(14)19-3/h4-7,12-13H,8-11H2,1-3H3. The molecule has 0 saturated carbocycles. The van der Waals surface area contributed by atoms with E-state index >= 15 is 0 Å². The smallest absolute Gasteiger partial charge is 0.257 e. The number of likely N-dealkylation sites (tertiary alicyclic amines) is 1. The molecule has 0 aliphatic carbocycles. The van der Waals surface area contributed by atoms with Crippen LogP contribution in [-0.2, 0) is 4.74 Å². The maximum absolute atomic E-state index is 12.5. The van der Waals surface area contributed by atoms with E-state index < -0.39 is 0 Å². The average Bonchev–Trinajstić information content (AvgIpc) is 2.46. The highest BCUT2D eigenvalue weighted by atomic mass is 16.5. The Morgan fingerprint density at radius 3 is 2.50 bits per heavy atom. The van der Waals surface area contributed by atoms with Crippen LogP contribution >= 0.6 is 0 Å². The minimum Gasteiger partial charge on any atom is -0.496 e. The van der Waals surface area contributed by atoms with Crippen molar-refractivity contribution in [3.8, 4) is 5.75 Å². The number of ether oxygens (including phenoxy) is 2. The highest BCUT2D eigenvalue weighted by Crippen LogP contribution is 2.22. The summed E-state index contributed by atoms with van der Waals surface area (Å²) in [4.78, 5) is 14.4. The predicted octanol–water partition coefficient (Wildman–Crippen LogP) is 2.72. The topological polar surface area (TPSA) is 38.8 Å². The van der Waals surface area contributed by atoms with Crippen molar-refractivity contribution in [1.29, 1.82) is 0 Å². The van der Waals surface area contributed by atoms with Gasteiger partial charge in [0.1, 0.15) is 5.75 Å². The van der Waals surface area contributed by atoms with E-state index in [0.29, 0.717) is 11.3 Å². The summed E-state index contributed by atoms with van der Waals surface area (Å²) in [6, 6.07) is 7.38. The van der Waals surface area contributed by atoms with Crippen LogP contribution in [0.3, 0.4) is 0 Å². The number of para-hydroxylation sites is 1. The number of carbonyl (C=O) groups excluding carboxylic acids is 1. The second-order valence-electron chi connectivity index (χ2n) is 5.38. The lowest BCUT2D eigenvalue weighted by atomic mass is 10.1. The van der Waals surface area contributed by atoms with Gasteiger partial charge in [-0.15, -0.1) is 0 Å². The molecule has 0 aromatic heterocycles. The first-order valence-electron chi connectivity index (χ1n) is 7.19. The highest BCUT2D eigenvalue weighted by molar-refractivity contribution is 5.97. The molecule has 0 spiro atoms. The molecule has 1 saturated heterocycles. The molecule has 1 aromatic carbocycles. The monoisotopic (exact) mass is 277 g/mol. The number of amides is 1. The van der Waals surface area contributed by atoms with E-state index in [1.165, 1.54) is 0 Å². The zero-order chi connectivity index (χ0) is 14.5. The fourth-order valence-electron chi connectivity index (χ4n) is 2.57. The minimum atomic E-state index is 0.0467. The minimum absolute atomic E-state index is 0.0467. The first-order chi connectivity index (χ1) is 9.61. The van der Waals surface area contributed by atoms with Gasteiger partial charge in [0.15, 0.2) is 0 Å². The summed E-state index contributed by atoms with van der Waals surface area (Å²) >= 11 is 0. The predicted molar refractivity (Wildman–Crippen MR) is 78.1 cm³/mol. The molecule has 1 aliphatic heterocycles. The van der Waals surface area contributed by atoms with Crippen LogP contribution in [0.4, 0.5) is 0 Å². The van der Waals surface area contributed by atoms with Crippen LogP contribution in [0.2, 0.25) is 0 Å². The van der Waals surface area contributed by atoms with Crippen molar-refractivity contribution in [2.75, 3.05) is 20.2 Å². The van der Waals surface area contributed by atoms with Crippen LogP contribution < -0.4 is 4.74 Å². The van der Waals surface area contributed by atoms with Gasteiger partial charge in [0.25, 0.3) is 5.91 Å². The van der Waals surface area contributed by atoms with Gasteiger partial charge < -0.3 is 14.4 Å². The van der Waals surface area contributed by atoms with Gasteiger partial charge in [0, 0.05) is 13.1 Å². The van der Waals surface area contributed by atoms with Gasteiger partial charge in [-0.05, 0) is 38.8 Å². The van der Waals surface area contributed by atoms with Crippen LogP contribution in [0.15, 0.2) is 24.3 Å². The second kappa shape index (κ2) is 6.75. The summed E-state index contributed by atoms with van der Waals surface area (Å²) in [6.45, 7) is 5.58. The molecule has 4 heteroatoms. The van der Waals surface area contributed by atoms with Gasteiger partial charge in [-0.25, -0.2) is 0 Å². The molecular formula is C16H23NO3. The Balaban J connectivity index is 1.98. The average molecular weight is 277 g/mol. The summed E-state index contributed by atoms with van der Waals surface area (Å²) < 4.78 is 11.1. The van der Waals surface area contributed by atoms with Crippen molar-refractivity contribution < 1.29 is 14.3 Å². The highest BCUT2D eigenvalue weighted by Gasteiger charge is 2.25. The van der Waals surface area contributed by atoms with Crippen molar-refractivity contribution in [2.45, 2.75) is 38.9 Å². The fourth-order valence-corrected chi connectivity index (χ4v) is 2.57. The van der Waals surface area contributed by atoms with E-state index in [4.69, 9.17) is 9.47 Å². The zero-order valence-electron chi connectivity index (χ0n) is 12.5. The Morgan fingerprint density at radius 1 is 1.25 bits per heavy atom. The van der Waals surface area contributed by atoms with E-state index in [1.54, 1.807) is 7.11 Å². The first kappa shape index (κ1) is 14.9. The maximum atomic E-state index is 12.5. The lowest BCUT2D eigenvalue weighted by Crippen LogP contribution is -2.41. The number of hydrogen-bond acceptors (Lipinski definition) is 3. The summed E-state index contributed by atoms with van der Waals surface area (Å²) in [5, 5.41) is 0. The summed E-state index contributed by atoms with van der Waals surface area (Å²) in [6.07, 6.45) is 2.33. The molecule has 0 unspecified atom stereocenters. The normalized spacial score (nSPS) is 16.5. The molecule has 110 valence electrons. The van der Waals surface area contributed by atoms with Crippen molar-refractivity contribution in [3.63, 3.8) is 0 Å². The molecule has 1 fully saturated rings. The van der Waals surface area contributed by atoms with Crippen LogP contribution in [0.25, 0.3) is 0 Å². The zero-order valence-corrected chi connectivity index (χ0v) is 12.5. The molecule has 4 nitrogen and oxygen atoms in total. The largest absolute Gasteiger partial charge is 0.496 e. The lowest BCUT2D eigenvalue weighted by molar-refractivity contribution is -0.0236. The molecular weight excluding hydrogens is 254 g/mol. The Kier molecular flexibility index (Phi) is 5.01. The van der Waals surface area contributed by atoms with E-state index in [2.05, 4.69) is 0 Å². The van der Waals surface area contributed by atoms with Gasteiger partial charge in [0.05, 0.1) is 24.9 Å². The van der Waals surface area contributed by atoms with Crippen molar-refractivity contribution in [2.24, 2.45) is 0 Å². The van der Waals surface area contributed by atoms with Crippen LogP contribution in [-0.4, -0.2) is 43.2 Å². The Morgan fingerprint density at radius 2 is 1.90 bits per heavy atom. The number of nitrogens with zero attached hydrogens (tertiary/aromatic N) is 1. The Bertz CT molecular complexity index is 451. The van der Waals surface area contributed by atoms with Crippen molar-refractivity contribution in [3.05, 3.63) is 29.8 Å². The van der Waals surface area contributed by atoms with Gasteiger partial charge >= 0.3 is 0 Å². The molecule has 0 bridgehead atoms. The Hall–Kier alpha value is -1.55. The summed E-state index contributed by atoms with van der Waals surface area (Å²) in [5.41, 5.74) is 0.637. The van der Waals surface area contributed by atoms with E-state index in [0.717, 1.165) is 25.9 Å². The quantitative estimate of drug-likeness (QED) is 0.849. The number of hydrogen-bond donors (Lipinski definition) is 0. The molecule has 0 atom stereocenters. The number of carbonyl (C=O) groups is 1. The maximum Gasteiger partial charge on any atom is 0.257 e. The van der Waals surface area contributed by atoms with Gasteiger partial charge in [0.2, 0.25) is 0 Å². The molecule has 0 N–H and O–H groups in total. The molecule has 1 aromatic rings. The molecule has 20 heavy (non-hydrogen) atoms. The number of rotatable bonds is 4. The van der Waals surface area contributed by atoms with Gasteiger partial charge in [-0.2, -0.15) is 0 Å². The van der Waals surface area contributed by atoms with Crippen molar-refractivity contribution in [1.82, 2.24) is 4.90 Å². The fraction of sp³-hybridized carbons (Fsp3) is 0.562. The third kappa shape index (κ3) is 3.51. The van der Waals surface area contributed by atoms with Crippen LogP contribution in [0.5, 0.6) is 5.75 Å². The van der Waals surface area contributed by atoms with Crippen LogP contribution in [0, 0.1) is 0 Å². The number of methoxy groups -OCH3 is 1. The molecule has 2 rings (SSSR count). The van der Waals surface area contributed by atoms with E-state index in [-0.39, 0.29) is 18.1 Å². The third-order valence-corrected chi connectivity index (χ3v) is 3.53. The van der Waals surface area contributed by atoms with Crippen molar-refractivity contribution >= 4 is 5.91 Å². The second-order valence-corrected chi connectivity index (χ2v) is 5.38.